The van der Waals surface area contributed by atoms with Crippen molar-refractivity contribution in [2.45, 2.75) is 0 Å². The summed E-state index contributed by atoms with van der Waals surface area (Å²) >= 11 is 0. The number of hydrogen-bond acceptors (Lipinski definition) is 6. The number of nitriles is 1. The van der Waals surface area contributed by atoms with Gasteiger partial charge < -0.3 is 25.0 Å². The number of nitrogens with zero attached hydrogens (tertiary/aromatic N) is 3. The monoisotopic (exact) mass is 358 g/mol. The van der Waals surface area contributed by atoms with Crippen molar-refractivity contribution in [3.8, 4) is 6.07 Å². The summed E-state index contributed by atoms with van der Waals surface area (Å²) in [5, 5.41) is 20.7. The van der Waals surface area contributed by atoms with Crippen LogP contribution in [0, 0.1) is 11.3 Å². The first-order chi connectivity index (χ1) is 12.4. The topological polar surface area (TPSA) is 123 Å². The van der Waals surface area contributed by atoms with E-state index in [0.29, 0.717) is 26.2 Å². The molecule has 136 valence electrons. The van der Waals surface area contributed by atoms with E-state index in [9.17, 15) is 19.6 Å². The van der Waals surface area contributed by atoms with Crippen LogP contribution in [0.1, 0.15) is 10.4 Å². The SMILES string of the molecule is COC(=O)N1CCN(/C=C(/C#N)C(=O)Nc2cccc(C(=O)O)c2)CC1. The second-order valence-electron chi connectivity index (χ2n) is 5.49. The highest BCUT2D eigenvalue weighted by Crippen LogP contribution is 2.13. The number of hydrogen-bond donors (Lipinski definition) is 2. The summed E-state index contributed by atoms with van der Waals surface area (Å²) in [5.41, 5.74) is 0.202. The van der Waals surface area contributed by atoms with Crippen LogP contribution in [0.4, 0.5) is 10.5 Å². The molecule has 0 radical (unpaired) electrons. The minimum Gasteiger partial charge on any atom is -0.478 e. The summed E-state index contributed by atoms with van der Waals surface area (Å²) in [5.74, 6) is -1.74. The van der Waals surface area contributed by atoms with Gasteiger partial charge in [-0.15, -0.1) is 0 Å². The molecule has 2 N–H and O–H groups in total. The Hall–Kier alpha value is -3.54. The Balaban J connectivity index is 2.02. The summed E-state index contributed by atoms with van der Waals surface area (Å²) in [6.45, 7) is 1.76. The molecule has 1 heterocycles. The van der Waals surface area contributed by atoms with Crippen LogP contribution in [0.15, 0.2) is 36.0 Å². The van der Waals surface area contributed by atoms with Crippen LogP contribution < -0.4 is 5.32 Å². The number of ether oxygens (including phenoxy) is 1. The molecular formula is C17H18N4O5. The van der Waals surface area contributed by atoms with Gasteiger partial charge in [0, 0.05) is 38.1 Å². The Bertz CT molecular complexity index is 776. The summed E-state index contributed by atoms with van der Waals surface area (Å²) < 4.78 is 4.65. The highest BCUT2D eigenvalue weighted by Gasteiger charge is 2.21. The molecule has 2 rings (SSSR count). The number of rotatable bonds is 4. The fourth-order valence-corrected chi connectivity index (χ4v) is 2.41. The number of nitrogens with one attached hydrogen (secondary N) is 1. The van der Waals surface area contributed by atoms with Crippen LogP contribution in [0.5, 0.6) is 0 Å². The molecule has 2 amide bonds. The standard InChI is InChI=1S/C17H18N4O5/c1-26-17(25)21-7-5-20(6-8-21)11-13(10-18)15(22)19-14-4-2-3-12(9-14)16(23)24/h2-4,9,11H,5-8H2,1H3,(H,19,22)(H,23,24)/b13-11-. The molecule has 26 heavy (non-hydrogen) atoms. The maximum Gasteiger partial charge on any atom is 0.409 e. The van der Waals surface area contributed by atoms with E-state index in [-0.39, 0.29) is 16.8 Å². The summed E-state index contributed by atoms with van der Waals surface area (Å²) in [4.78, 5) is 38.0. The van der Waals surface area contributed by atoms with E-state index in [1.54, 1.807) is 4.90 Å². The van der Waals surface area contributed by atoms with Gasteiger partial charge in [0.2, 0.25) is 0 Å². The molecule has 9 nitrogen and oxygen atoms in total. The zero-order valence-electron chi connectivity index (χ0n) is 14.1. The van der Waals surface area contributed by atoms with Crippen molar-refractivity contribution in [2.24, 2.45) is 0 Å². The van der Waals surface area contributed by atoms with E-state index in [4.69, 9.17) is 5.11 Å². The first-order valence-electron chi connectivity index (χ1n) is 7.78. The Morgan fingerprint density at radius 2 is 1.96 bits per heavy atom. The highest BCUT2D eigenvalue weighted by molar-refractivity contribution is 6.06. The lowest BCUT2D eigenvalue weighted by Crippen LogP contribution is -2.47. The third-order valence-corrected chi connectivity index (χ3v) is 3.79. The lowest BCUT2D eigenvalue weighted by atomic mass is 10.2. The zero-order valence-corrected chi connectivity index (χ0v) is 14.1. The molecule has 1 aliphatic heterocycles. The van der Waals surface area contributed by atoms with E-state index >= 15 is 0 Å². The Morgan fingerprint density at radius 1 is 1.27 bits per heavy atom. The van der Waals surface area contributed by atoms with E-state index in [0.717, 1.165) is 0 Å². The molecule has 0 spiro atoms. The Morgan fingerprint density at radius 3 is 2.54 bits per heavy atom. The number of benzene rings is 1. The summed E-state index contributed by atoms with van der Waals surface area (Å²) in [6.07, 6.45) is 1.02. The Labute approximate surface area is 150 Å². The number of carbonyl (C=O) groups is 3. The number of amides is 2. The molecule has 1 aromatic carbocycles. The second kappa shape index (κ2) is 8.53. The fourth-order valence-electron chi connectivity index (χ4n) is 2.41. The summed E-state index contributed by atoms with van der Waals surface area (Å²) in [7, 11) is 1.31. The molecular weight excluding hydrogens is 340 g/mol. The molecule has 0 unspecified atom stereocenters. The minimum absolute atomic E-state index is 0.0317. The van der Waals surface area contributed by atoms with Crippen LogP contribution >= 0.6 is 0 Å². The fraction of sp³-hybridized carbons (Fsp3) is 0.294. The number of aromatic carboxylic acids is 1. The van der Waals surface area contributed by atoms with E-state index in [1.807, 2.05) is 6.07 Å². The highest BCUT2D eigenvalue weighted by atomic mass is 16.5. The molecule has 0 aromatic heterocycles. The van der Waals surface area contributed by atoms with Gasteiger partial charge in [-0.3, -0.25) is 4.79 Å². The lowest BCUT2D eigenvalue weighted by Gasteiger charge is -2.33. The summed E-state index contributed by atoms with van der Waals surface area (Å²) in [6, 6.07) is 7.59. The second-order valence-corrected chi connectivity index (χ2v) is 5.49. The first kappa shape index (κ1) is 18.8. The number of piperazine rings is 1. The normalized spacial score (nSPS) is 14.4. The van der Waals surface area contributed by atoms with Crippen LogP contribution in [-0.2, 0) is 9.53 Å². The van der Waals surface area contributed by atoms with Gasteiger partial charge in [0.1, 0.15) is 11.6 Å². The molecule has 0 aliphatic carbocycles. The van der Waals surface area contributed by atoms with Crippen molar-refractivity contribution in [1.82, 2.24) is 9.80 Å². The van der Waals surface area contributed by atoms with Crippen molar-refractivity contribution in [3.63, 3.8) is 0 Å². The molecule has 0 saturated carbocycles. The van der Waals surface area contributed by atoms with Gasteiger partial charge in [0.15, 0.2) is 0 Å². The van der Waals surface area contributed by atoms with Crippen molar-refractivity contribution >= 4 is 23.7 Å². The van der Waals surface area contributed by atoms with Crippen LogP contribution in [0.2, 0.25) is 0 Å². The van der Waals surface area contributed by atoms with Crippen molar-refractivity contribution in [2.75, 3.05) is 38.6 Å². The number of carboxylic acid groups (broad SMARTS) is 1. The largest absolute Gasteiger partial charge is 0.478 e. The van der Waals surface area contributed by atoms with Gasteiger partial charge in [0.05, 0.1) is 12.7 Å². The smallest absolute Gasteiger partial charge is 0.409 e. The molecule has 1 aromatic rings. The van der Waals surface area contributed by atoms with Gasteiger partial charge in [-0.2, -0.15) is 5.26 Å². The van der Waals surface area contributed by atoms with E-state index < -0.39 is 18.0 Å². The van der Waals surface area contributed by atoms with Crippen LogP contribution in [-0.4, -0.2) is 66.2 Å². The maximum atomic E-state index is 12.3. The molecule has 0 bridgehead atoms. The molecule has 1 fully saturated rings. The number of methoxy groups -OCH3 is 1. The van der Waals surface area contributed by atoms with Crippen molar-refractivity contribution in [1.29, 1.82) is 5.26 Å². The van der Waals surface area contributed by atoms with Gasteiger partial charge in [-0.1, -0.05) is 6.07 Å². The number of carbonyl (C=O) groups excluding carboxylic acids is 2. The van der Waals surface area contributed by atoms with Crippen LogP contribution in [0.3, 0.4) is 0 Å². The van der Waals surface area contributed by atoms with Gasteiger partial charge in [0.25, 0.3) is 5.91 Å². The third kappa shape index (κ3) is 4.73. The predicted octanol–water partition coefficient (Wildman–Crippen LogP) is 1.11. The van der Waals surface area contributed by atoms with Crippen molar-refractivity contribution in [3.05, 3.63) is 41.6 Å². The third-order valence-electron chi connectivity index (χ3n) is 3.79. The molecule has 1 saturated heterocycles. The van der Waals surface area contributed by atoms with Gasteiger partial charge in [-0.25, -0.2) is 9.59 Å². The zero-order chi connectivity index (χ0) is 19.1. The molecule has 1 aliphatic rings. The van der Waals surface area contributed by atoms with Gasteiger partial charge >= 0.3 is 12.1 Å². The number of anilines is 1. The van der Waals surface area contributed by atoms with E-state index in [1.165, 1.54) is 42.5 Å². The van der Waals surface area contributed by atoms with Crippen molar-refractivity contribution < 1.29 is 24.2 Å². The van der Waals surface area contributed by atoms with E-state index in [2.05, 4.69) is 10.1 Å². The average molecular weight is 358 g/mol. The molecule has 9 heteroatoms. The number of carboxylic acids is 1. The van der Waals surface area contributed by atoms with Gasteiger partial charge in [-0.05, 0) is 18.2 Å². The average Bonchev–Trinajstić information content (AvgIpc) is 2.66. The predicted molar refractivity (Wildman–Crippen MR) is 91.3 cm³/mol. The Kier molecular flexibility index (Phi) is 6.16. The van der Waals surface area contributed by atoms with Crippen LogP contribution in [0.25, 0.3) is 0 Å². The molecule has 0 atom stereocenters. The lowest BCUT2D eigenvalue weighted by molar-refractivity contribution is -0.112. The quantitative estimate of drug-likeness (QED) is 0.610. The first-order valence-corrected chi connectivity index (χ1v) is 7.78. The maximum absolute atomic E-state index is 12.3. The minimum atomic E-state index is -1.11.